The van der Waals surface area contributed by atoms with Crippen molar-refractivity contribution < 1.29 is 4.74 Å². The quantitative estimate of drug-likeness (QED) is 0.849. The van der Waals surface area contributed by atoms with Gasteiger partial charge in [0.25, 0.3) is 0 Å². The molecule has 4 heteroatoms. The Hall–Kier alpha value is -1.55. The predicted octanol–water partition coefficient (Wildman–Crippen LogP) is 2.89. The highest BCUT2D eigenvalue weighted by molar-refractivity contribution is 5.59. The van der Waals surface area contributed by atoms with Crippen molar-refractivity contribution in [2.24, 2.45) is 0 Å². The third kappa shape index (κ3) is 2.10. The topological polar surface area (TPSA) is 29.8 Å². The first-order valence-corrected chi connectivity index (χ1v) is 7.09. The van der Waals surface area contributed by atoms with Crippen molar-refractivity contribution in [1.29, 1.82) is 0 Å². The summed E-state index contributed by atoms with van der Waals surface area (Å²) in [4.78, 5) is 7.19. The van der Waals surface area contributed by atoms with Crippen molar-refractivity contribution in [2.75, 3.05) is 20.2 Å². The Labute approximate surface area is 114 Å². The number of piperidine rings is 1. The summed E-state index contributed by atoms with van der Waals surface area (Å²) in [6.07, 6.45) is 7.81. The molecule has 4 nitrogen and oxygen atoms in total. The first kappa shape index (κ1) is 12.5. The van der Waals surface area contributed by atoms with Gasteiger partial charge in [0.15, 0.2) is 0 Å². The number of hydrogen-bond acceptors (Lipinski definition) is 3. The van der Waals surface area contributed by atoms with E-state index < -0.39 is 0 Å². The minimum Gasteiger partial charge on any atom is -0.494 e. The average Bonchev–Trinajstić information content (AvgIpc) is 2.90. The second-order valence-corrected chi connectivity index (χ2v) is 5.09. The fourth-order valence-electron chi connectivity index (χ4n) is 3.10. The zero-order valence-corrected chi connectivity index (χ0v) is 11.7. The van der Waals surface area contributed by atoms with Crippen LogP contribution in [0.5, 0.6) is 5.75 Å². The van der Waals surface area contributed by atoms with Gasteiger partial charge in [0.1, 0.15) is 17.1 Å². The number of likely N-dealkylation sites (tertiary alicyclic amines) is 1. The molecule has 1 saturated heterocycles. The highest BCUT2D eigenvalue weighted by atomic mass is 16.5. The summed E-state index contributed by atoms with van der Waals surface area (Å²) in [5, 5.41) is 0. The van der Waals surface area contributed by atoms with E-state index in [1.165, 1.54) is 25.8 Å². The zero-order valence-electron chi connectivity index (χ0n) is 11.7. The monoisotopic (exact) mass is 259 g/mol. The maximum Gasteiger partial charge on any atom is 0.144 e. The first-order chi connectivity index (χ1) is 9.35. The number of aromatic nitrogens is 2. The molecule has 0 aromatic carbocycles. The smallest absolute Gasteiger partial charge is 0.144 e. The maximum atomic E-state index is 5.41. The van der Waals surface area contributed by atoms with E-state index in [4.69, 9.17) is 4.74 Å². The van der Waals surface area contributed by atoms with Crippen molar-refractivity contribution in [2.45, 2.75) is 32.2 Å². The van der Waals surface area contributed by atoms with Gasteiger partial charge in [0, 0.05) is 6.20 Å². The normalized spacial score (nSPS) is 20.8. The fourth-order valence-corrected chi connectivity index (χ4v) is 3.10. The molecule has 0 amide bonds. The summed E-state index contributed by atoms with van der Waals surface area (Å²) < 4.78 is 7.58. The van der Waals surface area contributed by atoms with Gasteiger partial charge >= 0.3 is 0 Å². The Morgan fingerprint density at radius 3 is 3.11 bits per heavy atom. The molecule has 0 bridgehead atoms. The van der Waals surface area contributed by atoms with Gasteiger partial charge in [-0.25, -0.2) is 4.98 Å². The molecule has 3 heterocycles. The molecule has 0 spiro atoms. The number of rotatable bonds is 3. The molecule has 1 aliphatic heterocycles. The summed E-state index contributed by atoms with van der Waals surface area (Å²) in [7, 11) is 1.71. The predicted molar refractivity (Wildman–Crippen MR) is 75.6 cm³/mol. The van der Waals surface area contributed by atoms with Gasteiger partial charge in [-0.3, -0.25) is 9.30 Å². The van der Waals surface area contributed by atoms with E-state index in [0.29, 0.717) is 6.04 Å². The minimum atomic E-state index is 0.438. The van der Waals surface area contributed by atoms with Gasteiger partial charge in [0.05, 0.1) is 19.3 Å². The van der Waals surface area contributed by atoms with E-state index in [2.05, 4.69) is 27.4 Å². The molecule has 19 heavy (non-hydrogen) atoms. The van der Waals surface area contributed by atoms with Crippen molar-refractivity contribution in [3.8, 4) is 5.75 Å². The highest BCUT2D eigenvalue weighted by Crippen LogP contribution is 2.31. The van der Waals surface area contributed by atoms with Crippen LogP contribution in [0.3, 0.4) is 0 Å². The van der Waals surface area contributed by atoms with E-state index in [9.17, 15) is 0 Å². The molecule has 0 saturated carbocycles. The Bertz CT molecular complexity index is 564. The van der Waals surface area contributed by atoms with E-state index in [1.807, 2.05) is 18.3 Å². The molecule has 0 aliphatic carbocycles. The lowest BCUT2D eigenvalue weighted by Gasteiger charge is -2.33. The average molecular weight is 259 g/mol. The molecule has 0 radical (unpaired) electrons. The zero-order chi connectivity index (χ0) is 13.2. The van der Waals surface area contributed by atoms with Crippen LogP contribution in [-0.4, -0.2) is 34.5 Å². The van der Waals surface area contributed by atoms with Gasteiger partial charge in [-0.2, -0.15) is 0 Å². The molecule has 0 N–H and O–H groups in total. The summed E-state index contributed by atoms with van der Waals surface area (Å²) in [6.45, 7) is 4.50. The number of pyridine rings is 1. The summed E-state index contributed by atoms with van der Waals surface area (Å²) >= 11 is 0. The number of hydrogen-bond donors (Lipinski definition) is 0. The lowest BCUT2D eigenvalue weighted by Crippen LogP contribution is -2.34. The highest BCUT2D eigenvalue weighted by Gasteiger charge is 2.26. The Morgan fingerprint density at radius 1 is 1.42 bits per heavy atom. The molecule has 1 atom stereocenters. The molecule has 3 rings (SSSR count). The molecule has 1 fully saturated rings. The van der Waals surface area contributed by atoms with Gasteiger partial charge in [-0.05, 0) is 38.1 Å². The Morgan fingerprint density at radius 2 is 2.32 bits per heavy atom. The third-order valence-electron chi connectivity index (χ3n) is 4.10. The van der Waals surface area contributed by atoms with Crippen molar-refractivity contribution in [3.05, 3.63) is 30.4 Å². The minimum absolute atomic E-state index is 0.438. The summed E-state index contributed by atoms with van der Waals surface area (Å²) in [6, 6.07) is 4.45. The van der Waals surface area contributed by atoms with E-state index >= 15 is 0 Å². The number of imidazole rings is 1. The van der Waals surface area contributed by atoms with Crippen LogP contribution in [0, 0.1) is 0 Å². The lowest BCUT2D eigenvalue weighted by atomic mass is 10.0. The van der Waals surface area contributed by atoms with Crippen LogP contribution in [0.1, 0.15) is 38.1 Å². The van der Waals surface area contributed by atoms with Crippen LogP contribution in [0.15, 0.2) is 24.5 Å². The second kappa shape index (κ2) is 5.21. The van der Waals surface area contributed by atoms with Crippen molar-refractivity contribution in [1.82, 2.24) is 14.3 Å². The largest absolute Gasteiger partial charge is 0.494 e. The molecular formula is C15H21N3O. The summed E-state index contributed by atoms with van der Waals surface area (Å²) in [5.74, 6) is 2.04. The Kier molecular flexibility index (Phi) is 3.42. The number of nitrogens with zero attached hydrogens (tertiary/aromatic N) is 3. The van der Waals surface area contributed by atoms with Crippen LogP contribution in [0.25, 0.3) is 5.52 Å². The maximum absolute atomic E-state index is 5.41. The van der Waals surface area contributed by atoms with E-state index in [-0.39, 0.29) is 0 Å². The van der Waals surface area contributed by atoms with Gasteiger partial charge in [-0.1, -0.05) is 13.3 Å². The van der Waals surface area contributed by atoms with Gasteiger partial charge in [-0.15, -0.1) is 0 Å². The van der Waals surface area contributed by atoms with Crippen LogP contribution in [0.4, 0.5) is 0 Å². The lowest BCUT2D eigenvalue weighted by molar-refractivity contribution is 0.149. The molecule has 102 valence electrons. The van der Waals surface area contributed by atoms with Crippen LogP contribution < -0.4 is 4.74 Å². The summed E-state index contributed by atoms with van der Waals surface area (Å²) in [5.41, 5.74) is 1.06. The van der Waals surface area contributed by atoms with Crippen LogP contribution in [-0.2, 0) is 0 Å². The van der Waals surface area contributed by atoms with Gasteiger partial charge in [0.2, 0.25) is 0 Å². The molecule has 2 aromatic heterocycles. The number of ether oxygens (including phenoxy) is 1. The second-order valence-electron chi connectivity index (χ2n) is 5.09. The number of fused-ring (bicyclic) bond motifs is 1. The molecule has 1 unspecified atom stereocenters. The van der Waals surface area contributed by atoms with Crippen molar-refractivity contribution >= 4 is 5.52 Å². The molecule has 1 aliphatic rings. The van der Waals surface area contributed by atoms with E-state index in [1.54, 1.807) is 7.11 Å². The van der Waals surface area contributed by atoms with Crippen molar-refractivity contribution in [3.63, 3.8) is 0 Å². The van der Waals surface area contributed by atoms with Crippen LogP contribution in [0.2, 0.25) is 0 Å². The number of methoxy groups -OCH3 is 1. The SMILES string of the molecule is CCN1CCCCC1c1ncc2c(OC)cccn12. The Balaban J connectivity index is 2.05. The first-order valence-electron chi connectivity index (χ1n) is 7.09. The third-order valence-corrected chi connectivity index (χ3v) is 4.10. The van der Waals surface area contributed by atoms with Gasteiger partial charge < -0.3 is 4.74 Å². The van der Waals surface area contributed by atoms with E-state index in [0.717, 1.165) is 23.6 Å². The molecular weight excluding hydrogens is 238 g/mol. The molecule has 2 aromatic rings. The van der Waals surface area contributed by atoms with Crippen LogP contribution >= 0.6 is 0 Å². The standard InChI is InChI=1S/C15H21N3O/c1-3-17-9-5-4-7-12(17)15-16-11-13-14(19-2)8-6-10-18(13)15/h6,8,10-12H,3-5,7,9H2,1-2H3. The fraction of sp³-hybridized carbons (Fsp3) is 0.533.